The van der Waals surface area contributed by atoms with E-state index in [9.17, 15) is 14.9 Å². The molecule has 0 unspecified atom stereocenters. The van der Waals surface area contributed by atoms with Crippen LogP contribution in [0.15, 0.2) is 49.0 Å². The van der Waals surface area contributed by atoms with E-state index in [2.05, 4.69) is 6.58 Å². The highest BCUT2D eigenvalue weighted by Crippen LogP contribution is 2.31. The molecule has 124 valence electrons. The molecule has 0 spiro atoms. The van der Waals surface area contributed by atoms with Crippen molar-refractivity contribution in [3.63, 3.8) is 0 Å². The van der Waals surface area contributed by atoms with Gasteiger partial charge in [0.25, 0.3) is 5.69 Å². The van der Waals surface area contributed by atoms with E-state index in [1.54, 1.807) is 24.3 Å². The van der Waals surface area contributed by atoms with Gasteiger partial charge in [0.2, 0.25) is 6.41 Å². The number of anilines is 2. The van der Waals surface area contributed by atoms with Crippen LogP contribution in [0.5, 0.6) is 5.75 Å². The minimum atomic E-state index is -0.483. The lowest BCUT2D eigenvalue weighted by molar-refractivity contribution is -0.384. The third-order valence-electron chi connectivity index (χ3n) is 3.30. The summed E-state index contributed by atoms with van der Waals surface area (Å²) < 4.78 is 5.70. The predicted octanol–water partition coefficient (Wildman–Crippen LogP) is 4.32. The van der Waals surface area contributed by atoms with Crippen LogP contribution in [0.3, 0.4) is 0 Å². The van der Waals surface area contributed by atoms with Gasteiger partial charge < -0.3 is 4.74 Å². The molecule has 6 heteroatoms. The Balaban J connectivity index is 2.38. The predicted molar refractivity (Wildman–Crippen MR) is 93.6 cm³/mol. The first kappa shape index (κ1) is 17.2. The van der Waals surface area contributed by atoms with Crippen molar-refractivity contribution < 1.29 is 14.5 Å². The Labute approximate surface area is 140 Å². The zero-order chi connectivity index (χ0) is 17.7. The zero-order valence-corrected chi connectivity index (χ0v) is 13.5. The molecule has 0 aliphatic rings. The van der Waals surface area contributed by atoms with Crippen LogP contribution >= 0.6 is 0 Å². The molecule has 2 aromatic carbocycles. The van der Waals surface area contributed by atoms with E-state index in [4.69, 9.17) is 4.74 Å². The quantitative estimate of drug-likeness (QED) is 0.431. The largest absolute Gasteiger partial charge is 0.490 e. The van der Waals surface area contributed by atoms with Crippen molar-refractivity contribution >= 4 is 29.5 Å². The summed E-state index contributed by atoms with van der Waals surface area (Å²) in [4.78, 5) is 23.2. The van der Waals surface area contributed by atoms with E-state index >= 15 is 0 Å². The SMILES string of the molecule is C=Cc1cc(N(C=O)c2ccc([N+](=O)[O-])cc2)ccc1OC(C)C. The van der Waals surface area contributed by atoms with Gasteiger partial charge in [0.15, 0.2) is 0 Å². The smallest absolute Gasteiger partial charge is 0.269 e. The monoisotopic (exact) mass is 326 g/mol. The summed E-state index contributed by atoms with van der Waals surface area (Å²) in [6, 6.07) is 11.1. The molecule has 0 atom stereocenters. The van der Waals surface area contributed by atoms with Gasteiger partial charge in [-0.3, -0.25) is 19.8 Å². The van der Waals surface area contributed by atoms with Gasteiger partial charge in [0, 0.05) is 29.1 Å². The Hall–Kier alpha value is -3.15. The van der Waals surface area contributed by atoms with Gasteiger partial charge in [-0.05, 0) is 44.2 Å². The number of nitro benzene ring substituents is 1. The number of hydrogen-bond donors (Lipinski definition) is 0. The summed E-state index contributed by atoms with van der Waals surface area (Å²) in [6.07, 6.45) is 2.33. The molecule has 24 heavy (non-hydrogen) atoms. The van der Waals surface area contributed by atoms with Crippen molar-refractivity contribution in [3.8, 4) is 5.75 Å². The lowest BCUT2D eigenvalue weighted by atomic mass is 10.1. The molecule has 0 radical (unpaired) electrons. The molecule has 0 aromatic heterocycles. The van der Waals surface area contributed by atoms with Crippen LogP contribution < -0.4 is 9.64 Å². The van der Waals surface area contributed by atoms with Crippen molar-refractivity contribution in [2.45, 2.75) is 20.0 Å². The van der Waals surface area contributed by atoms with Crippen molar-refractivity contribution in [1.29, 1.82) is 0 Å². The molecule has 2 rings (SSSR count). The van der Waals surface area contributed by atoms with Gasteiger partial charge in [-0.15, -0.1) is 0 Å². The summed E-state index contributed by atoms with van der Waals surface area (Å²) in [7, 11) is 0. The Morgan fingerprint density at radius 3 is 2.29 bits per heavy atom. The minimum Gasteiger partial charge on any atom is -0.490 e. The average Bonchev–Trinajstić information content (AvgIpc) is 2.56. The summed E-state index contributed by atoms with van der Waals surface area (Å²) in [5, 5.41) is 10.7. The molecule has 0 aliphatic heterocycles. The van der Waals surface area contributed by atoms with E-state index in [1.807, 2.05) is 13.8 Å². The van der Waals surface area contributed by atoms with Crippen LogP contribution in [0.1, 0.15) is 19.4 Å². The third-order valence-corrected chi connectivity index (χ3v) is 3.30. The fraction of sp³-hybridized carbons (Fsp3) is 0.167. The van der Waals surface area contributed by atoms with Gasteiger partial charge >= 0.3 is 0 Å². The first-order valence-corrected chi connectivity index (χ1v) is 7.38. The number of nitrogens with zero attached hydrogens (tertiary/aromatic N) is 2. The fourth-order valence-electron chi connectivity index (χ4n) is 2.21. The molecular formula is C18H18N2O4. The topological polar surface area (TPSA) is 72.7 Å². The van der Waals surface area contributed by atoms with E-state index in [0.717, 1.165) is 5.56 Å². The number of carbonyl (C=O) groups excluding carboxylic acids is 1. The maximum absolute atomic E-state index is 11.5. The molecular weight excluding hydrogens is 308 g/mol. The highest BCUT2D eigenvalue weighted by Gasteiger charge is 2.13. The summed E-state index contributed by atoms with van der Waals surface area (Å²) in [5.74, 6) is 0.679. The Morgan fingerprint density at radius 1 is 1.17 bits per heavy atom. The van der Waals surface area contributed by atoms with Crippen LogP contribution in [0.2, 0.25) is 0 Å². The third kappa shape index (κ3) is 3.78. The lowest BCUT2D eigenvalue weighted by Gasteiger charge is -2.20. The highest BCUT2D eigenvalue weighted by molar-refractivity contribution is 5.87. The maximum Gasteiger partial charge on any atom is 0.269 e. The second kappa shape index (κ2) is 7.41. The van der Waals surface area contributed by atoms with Gasteiger partial charge in [-0.25, -0.2) is 0 Å². The number of benzene rings is 2. The molecule has 0 heterocycles. The Kier molecular flexibility index (Phi) is 5.31. The molecule has 0 aliphatic carbocycles. The second-order valence-electron chi connectivity index (χ2n) is 5.34. The van der Waals surface area contributed by atoms with Crippen molar-refractivity contribution in [2.24, 2.45) is 0 Å². The summed E-state index contributed by atoms with van der Waals surface area (Å²) >= 11 is 0. The van der Waals surface area contributed by atoms with Crippen molar-refractivity contribution in [3.05, 3.63) is 64.7 Å². The lowest BCUT2D eigenvalue weighted by Crippen LogP contribution is -2.14. The summed E-state index contributed by atoms with van der Waals surface area (Å²) in [6.45, 7) is 7.62. The first-order chi connectivity index (χ1) is 11.5. The molecule has 0 fully saturated rings. The number of amides is 1. The molecule has 1 amide bonds. The van der Waals surface area contributed by atoms with Gasteiger partial charge in [-0.2, -0.15) is 0 Å². The molecule has 0 saturated heterocycles. The molecule has 2 aromatic rings. The normalized spacial score (nSPS) is 10.3. The van der Waals surface area contributed by atoms with Gasteiger partial charge in [0.1, 0.15) is 5.75 Å². The zero-order valence-electron chi connectivity index (χ0n) is 13.5. The number of hydrogen-bond acceptors (Lipinski definition) is 4. The van der Waals surface area contributed by atoms with Crippen molar-refractivity contribution in [1.82, 2.24) is 0 Å². The van der Waals surface area contributed by atoms with E-state index < -0.39 is 4.92 Å². The van der Waals surface area contributed by atoms with Crippen LogP contribution in [0.4, 0.5) is 17.1 Å². The fourth-order valence-corrected chi connectivity index (χ4v) is 2.21. The number of ether oxygens (including phenoxy) is 1. The molecule has 0 bridgehead atoms. The molecule has 0 N–H and O–H groups in total. The first-order valence-electron chi connectivity index (χ1n) is 7.38. The molecule has 0 saturated carbocycles. The number of nitro groups is 1. The van der Waals surface area contributed by atoms with Gasteiger partial charge in [-0.1, -0.05) is 12.7 Å². The standard InChI is InChI=1S/C18H18N2O4/c1-4-14-11-17(9-10-18(14)24-13(2)3)19(12-21)15-5-7-16(8-6-15)20(22)23/h4-13H,1H2,2-3H3. The van der Waals surface area contributed by atoms with E-state index in [-0.39, 0.29) is 11.8 Å². The number of carbonyl (C=O) groups is 1. The average molecular weight is 326 g/mol. The Bertz CT molecular complexity index is 754. The van der Waals surface area contributed by atoms with Crippen molar-refractivity contribution in [2.75, 3.05) is 4.90 Å². The Morgan fingerprint density at radius 2 is 1.79 bits per heavy atom. The van der Waals surface area contributed by atoms with Crippen LogP contribution in [0.25, 0.3) is 6.08 Å². The minimum absolute atomic E-state index is 0.0198. The summed E-state index contributed by atoms with van der Waals surface area (Å²) in [5.41, 5.74) is 1.88. The maximum atomic E-state index is 11.5. The van der Waals surface area contributed by atoms with Crippen LogP contribution in [-0.4, -0.2) is 17.4 Å². The number of rotatable bonds is 7. The van der Waals surface area contributed by atoms with Crippen LogP contribution in [0, 0.1) is 10.1 Å². The van der Waals surface area contributed by atoms with E-state index in [1.165, 1.54) is 29.2 Å². The van der Waals surface area contributed by atoms with Crippen LogP contribution in [-0.2, 0) is 4.79 Å². The molecule has 6 nitrogen and oxygen atoms in total. The van der Waals surface area contributed by atoms with E-state index in [0.29, 0.717) is 23.5 Å². The number of non-ortho nitro benzene ring substituents is 1. The highest BCUT2D eigenvalue weighted by atomic mass is 16.6. The van der Waals surface area contributed by atoms with Gasteiger partial charge in [0.05, 0.1) is 11.0 Å². The second-order valence-corrected chi connectivity index (χ2v) is 5.34.